The lowest BCUT2D eigenvalue weighted by atomic mass is 9.92. The first kappa shape index (κ1) is 14.9. The lowest BCUT2D eigenvalue weighted by Crippen LogP contribution is -2.39. The van der Waals surface area contributed by atoms with Gasteiger partial charge in [-0.05, 0) is 25.5 Å². The fourth-order valence-electron chi connectivity index (χ4n) is 3.08. The minimum atomic E-state index is -0.0480. The van der Waals surface area contributed by atoms with Crippen molar-refractivity contribution in [2.75, 3.05) is 13.6 Å². The zero-order chi connectivity index (χ0) is 14.4. The molecule has 0 aromatic heterocycles. The van der Waals surface area contributed by atoms with Crippen molar-refractivity contribution in [1.82, 2.24) is 4.90 Å². The van der Waals surface area contributed by atoms with E-state index in [2.05, 4.69) is 17.1 Å². The van der Waals surface area contributed by atoms with Crippen molar-refractivity contribution in [2.45, 2.75) is 44.1 Å². The summed E-state index contributed by atoms with van der Waals surface area (Å²) >= 11 is 0. The largest absolute Gasteiger partial charge is 0.409 e. The molecule has 0 bridgehead atoms. The third-order valence-corrected chi connectivity index (χ3v) is 4.34. The molecule has 1 unspecified atom stereocenters. The molecule has 1 atom stereocenters. The molecule has 0 spiro atoms. The molecule has 1 aliphatic rings. The molecular formula is C16H25N3O. The minimum Gasteiger partial charge on any atom is -0.409 e. The fraction of sp³-hybridized carbons (Fsp3) is 0.562. The molecule has 0 radical (unpaired) electrons. The Hall–Kier alpha value is -1.55. The topological polar surface area (TPSA) is 61.8 Å². The standard InChI is InChI=1S/C16H25N3O/c1-19(14-10-6-3-7-11-14)12-15(16(17)18-20)13-8-4-2-5-9-13/h2,4-5,8-9,14-15,20H,3,6-7,10-12H2,1H3,(H2,17,18). The summed E-state index contributed by atoms with van der Waals surface area (Å²) in [6.07, 6.45) is 6.50. The first-order valence-corrected chi connectivity index (χ1v) is 7.45. The van der Waals surface area contributed by atoms with Crippen LogP contribution in [0.2, 0.25) is 0 Å². The Morgan fingerprint density at radius 2 is 1.95 bits per heavy atom. The van der Waals surface area contributed by atoms with Crippen LogP contribution in [0.1, 0.15) is 43.6 Å². The van der Waals surface area contributed by atoms with Crippen LogP contribution in [-0.2, 0) is 0 Å². The van der Waals surface area contributed by atoms with Gasteiger partial charge in [0.05, 0.1) is 5.92 Å². The van der Waals surface area contributed by atoms with Crippen LogP contribution >= 0.6 is 0 Å². The van der Waals surface area contributed by atoms with E-state index in [1.807, 2.05) is 30.3 Å². The molecule has 0 heterocycles. The van der Waals surface area contributed by atoms with Crippen LogP contribution in [0.15, 0.2) is 35.5 Å². The van der Waals surface area contributed by atoms with Crippen molar-refractivity contribution in [2.24, 2.45) is 10.9 Å². The van der Waals surface area contributed by atoms with Gasteiger partial charge in [0.2, 0.25) is 0 Å². The fourth-order valence-corrected chi connectivity index (χ4v) is 3.08. The van der Waals surface area contributed by atoms with Gasteiger partial charge in [0.15, 0.2) is 0 Å². The quantitative estimate of drug-likeness (QED) is 0.376. The molecule has 20 heavy (non-hydrogen) atoms. The molecule has 4 heteroatoms. The maximum Gasteiger partial charge on any atom is 0.147 e. The Labute approximate surface area is 121 Å². The van der Waals surface area contributed by atoms with Crippen molar-refractivity contribution in [3.8, 4) is 0 Å². The third kappa shape index (κ3) is 3.73. The van der Waals surface area contributed by atoms with E-state index in [0.29, 0.717) is 11.9 Å². The predicted octanol–water partition coefficient (Wildman–Crippen LogP) is 2.78. The maximum absolute atomic E-state index is 9.03. The smallest absolute Gasteiger partial charge is 0.147 e. The number of hydrogen-bond acceptors (Lipinski definition) is 3. The average Bonchev–Trinajstić information content (AvgIpc) is 2.53. The summed E-state index contributed by atoms with van der Waals surface area (Å²) in [5, 5.41) is 12.3. The highest BCUT2D eigenvalue weighted by molar-refractivity contribution is 5.87. The summed E-state index contributed by atoms with van der Waals surface area (Å²) in [5.41, 5.74) is 7.00. The van der Waals surface area contributed by atoms with Gasteiger partial charge in [0, 0.05) is 12.6 Å². The number of likely N-dealkylation sites (N-methyl/N-ethyl adjacent to an activating group) is 1. The SMILES string of the molecule is CN(CC(C(N)=NO)c1ccccc1)C1CCCCC1. The highest BCUT2D eigenvalue weighted by Crippen LogP contribution is 2.24. The van der Waals surface area contributed by atoms with Crippen LogP contribution in [0.5, 0.6) is 0 Å². The third-order valence-electron chi connectivity index (χ3n) is 4.34. The average molecular weight is 275 g/mol. The number of nitrogens with two attached hydrogens (primary N) is 1. The van der Waals surface area contributed by atoms with Gasteiger partial charge in [-0.25, -0.2) is 0 Å². The van der Waals surface area contributed by atoms with Crippen LogP contribution < -0.4 is 5.73 Å². The van der Waals surface area contributed by atoms with Gasteiger partial charge in [-0.1, -0.05) is 54.8 Å². The monoisotopic (exact) mass is 275 g/mol. The highest BCUT2D eigenvalue weighted by Gasteiger charge is 2.24. The van der Waals surface area contributed by atoms with E-state index >= 15 is 0 Å². The van der Waals surface area contributed by atoms with Gasteiger partial charge in [0.1, 0.15) is 5.84 Å². The van der Waals surface area contributed by atoms with Crippen LogP contribution in [-0.4, -0.2) is 35.6 Å². The first-order valence-electron chi connectivity index (χ1n) is 7.45. The van der Waals surface area contributed by atoms with Crippen molar-refractivity contribution >= 4 is 5.84 Å². The summed E-state index contributed by atoms with van der Waals surface area (Å²) in [4.78, 5) is 2.37. The van der Waals surface area contributed by atoms with E-state index in [-0.39, 0.29) is 5.92 Å². The molecule has 2 rings (SSSR count). The number of hydrogen-bond donors (Lipinski definition) is 2. The molecule has 0 saturated heterocycles. The lowest BCUT2D eigenvalue weighted by Gasteiger charge is -2.33. The molecule has 3 N–H and O–H groups in total. The Morgan fingerprint density at radius 1 is 1.30 bits per heavy atom. The molecule has 1 aliphatic carbocycles. The van der Waals surface area contributed by atoms with E-state index in [0.717, 1.165) is 12.1 Å². The van der Waals surface area contributed by atoms with E-state index in [1.165, 1.54) is 32.1 Å². The van der Waals surface area contributed by atoms with Crippen molar-refractivity contribution in [3.63, 3.8) is 0 Å². The molecule has 4 nitrogen and oxygen atoms in total. The Kier molecular flexibility index (Phi) is 5.41. The summed E-state index contributed by atoms with van der Waals surface area (Å²) in [7, 11) is 2.15. The van der Waals surface area contributed by atoms with Gasteiger partial charge in [-0.15, -0.1) is 0 Å². The molecular weight excluding hydrogens is 250 g/mol. The van der Waals surface area contributed by atoms with Crippen molar-refractivity contribution < 1.29 is 5.21 Å². The summed E-state index contributed by atoms with van der Waals surface area (Å²) < 4.78 is 0. The van der Waals surface area contributed by atoms with Crippen molar-refractivity contribution in [1.29, 1.82) is 0 Å². The number of oxime groups is 1. The molecule has 1 fully saturated rings. The number of rotatable bonds is 5. The van der Waals surface area contributed by atoms with E-state index in [4.69, 9.17) is 10.9 Å². The zero-order valence-electron chi connectivity index (χ0n) is 12.2. The Morgan fingerprint density at radius 3 is 2.55 bits per heavy atom. The van der Waals surface area contributed by atoms with Gasteiger partial charge < -0.3 is 15.8 Å². The predicted molar refractivity (Wildman–Crippen MR) is 82.1 cm³/mol. The molecule has 1 aromatic carbocycles. The molecule has 0 amide bonds. The van der Waals surface area contributed by atoms with Crippen LogP contribution in [0.4, 0.5) is 0 Å². The van der Waals surface area contributed by atoms with Gasteiger partial charge in [0.25, 0.3) is 0 Å². The molecule has 0 aliphatic heterocycles. The minimum absolute atomic E-state index is 0.0480. The van der Waals surface area contributed by atoms with E-state index < -0.39 is 0 Å². The second-order valence-electron chi connectivity index (χ2n) is 5.72. The molecule has 1 aromatic rings. The van der Waals surface area contributed by atoms with E-state index in [1.54, 1.807) is 0 Å². The van der Waals surface area contributed by atoms with Gasteiger partial charge in [-0.3, -0.25) is 0 Å². The molecule has 1 saturated carbocycles. The summed E-state index contributed by atoms with van der Waals surface area (Å²) in [6.45, 7) is 0.796. The number of benzene rings is 1. The number of amidine groups is 1. The van der Waals surface area contributed by atoms with Crippen LogP contribution in [0, 0.1) is 0 Å². The lowest BCUT2D eigenvalue weighted by molar-refractivity contribution is 0.189. The Bertz CT molecular complexity index is 427. The van der Waals surface area contributed by atoms with E-state index in [9.17, 15) is 0 Å². The van der Waals surface area contributed by atoms with Crippen LogP contribution in [0.3, 0.4) is 0 Å². The van der Waals surface area contributed by atoms with Crippen molar-refractivity contribution in [3.05, 3.63) is 35.9 Å². The molecule has 110 valence electrons. The van der Waals surface area contributed by atoms with Gasteiger partial charge in [-0.2, -0.15) is 0 Å². The normalized spacial score (nSPS) is 19.2. The second kappa shape index (κ2) is 7.29. The number of nitrogens with zero attached hydrogens (tertiary/aromatic N) is 2. The van der Waals surface area contributed by atoms with Crippen LogP contribution in [0.25, 0.3) is 0 Å². The first-order chi connectivity index (χ1) is 9.72. The highest BCUT2D eigenvalue weighted by atomic mass is 16.4. The summed E-state index contributed by atoms with van der Waals surface area (Å²) in [5.74, 6) is 0.243. The second-order valence-corrected chi connectivity index (χ2v) is 5.72. The summed E-state index contributed by atoms with van der Waals surface area (Å²) in [6, 6.07) is 10.7. The van der Waals surface area contributed by atoms with Gasteiger partial charge >= 0.3 is 0 Å². The zero-order valence-corrected chi connectivity index (χ0v) is 12.2. The Balaban J connectivity index is 2.08. The maximum atomic E-state index is 9.03.